The van der Waals surface area contributed by atoms with Crippen molar-refractivity contribution >= 4 is 23.1 Å². The van der Waals surface area contributed by atoms with Gasteiger partial charge in [0.2, 0.25) is 5.91 Å². The third-order valence-corrected chi connectivity index (χ3v) is 4.19. The van der Waals surface area contributed by atoms with Gasteiger partial charge in [-0.15, -0.1) is 16.5 Å². The van der Waals surface area contributed by atoms with E-state index in [0.717, 1.165) is 23.3 Å². The first-order valence-corrected chi connectivity index (χ1v) is 7.31. The smallest absolute Gasteiger partial charge is 0.225 e. The number of aromatic nitrogens is 2. The SMILES string of the molecule is O=C(NC1N=Nc2nc(-c3cccs3)ncc21)C1CC1. The van der Waals surface area contributed by atoms with Crippen LogP contribution in [0.2, 0.25) is 0 Å². The van der Waals surface area contributed by atoms with Gasteiger partial charge in [-0.05, 0) is 24.3 Å². The Labute approximate surface area is 119 Å². The highest BCUT2D eigenvalue weighted by Gasteiger charge is 2.33. The van der Waals surface area contributed by atoms with Gasteiger partial charge in [-0.1, -0.05) is 6.07 Å². The van der Waals surface area contributed by atoms with Crippen molar-refractivity contribution in [3.8, 4) is 10.7 Å². The van der Waals surface area contributed by atoms with Gasteiger partial charge in [-0.3, -0.25) is 4.79 Å². The second-order valence-electron chi connectivity index (χ2n) is 4.85. The Bertz CT molecular complexity index is 693. The normalized spacial score (nSPS) is 19.9. The molecule has 1 N–H and O–H groups in total. The van der Waals surface area contributed by atoms with E-state index in [0.29, 0.717) is 11.6 Å². The number of fused-ring (bicyclic) bond motifs is 1. The lowest BCUT2D eigenvalue weighted by molar-refractivity contribution is -0.123. The molecule has 6 nitrogen and oxygen atoms in total. The number of nitrogens with zero attached hydrogens (tertiary/aromatic N) is 4. The molecule has 1 saturated carbocycles. The number of hydrogen-bond acceptors (Lipinski definition) is 6. The van der Waals surface area contributed by atoms with Gasteiger partial charge in [0.1, 0.15) is 0 Å². The summed E-state index contributed by atoms with van der Waals surface area (Å²) < 4.78 is 0. The Morgan fingerprint density at radius 1 is 1.40 bits per heavy atom. The van der Waals surface area contributed by atoms with Crippen molar-refractivity contribution in [2.24, 2.45) is 16.1 Å². The topological polar surface area (TPSA) is 79.6 Å². The Morgan fingerprint density at radius 2 is 2.30 bits per heavy atom. The van der Waals surface area contributed by atoms with Crippen LogP contribution in [-0.2, 0) is 4.79 Å². The molecule has 0 radical (unpaired) electrons. The van der Waals surface area contributed by atoms with Gasteiger partial charge in [0.05, 0.1) is 10.4 Å². The van der Waals surface area contributed by atoms with Crippen LogP contribution in [0.15, 0.2) is 33.9 Å². The fraction of sp³-hybridized carbons (Fsp3) is 0.308. The maximum Gasteiger partial charge on any atom is 0.225 e. The average molecular weight is 285 g/mol. The van der Waals surface area contributed by atoms with Gasteiger partial charge in [0.15, 0.2) is 17.8 Å². The largest absolute Gasteiger partial charge is 0.329 e. The van der Waals surface area contributed by atoms with Crippen molar-refractivity contribution in [2.45, 2.75) is 19.0 Å². The minimum atomic E-state index is -0.435. The molecule has 2 aromatic heterocycles. The standard InChI is InChI=1S/C13H11N5OS/c19-13(7-3-4-7)16-11-8-6-14-12(9-2-1-5-20-9)15-10(8)17-18-11/h1-2,5-7,11H,3-4H2,(H,16,19). The first kappa shape index (κ1) is 11.7. The lowest BCUT2D eigenvalue weighted by Crippen LogP contribution is -2.27. The molecular weight excluding hydrogens is 274 g/mol. The lowest BCUT2D eigenvalue weighted by atomic mass is 10.2. The van der Waals surface area contributed by atoms with Crippen LogP contribution in [0.25, 0.3) is 10.7 Å². The van der Waals surface area contributed by atoms with Crippen molar-refractivity contribution in [3.05, 3.63) is 29.3 Å². The molecular formula is C13H11N5OS. The van der Waals surface area contributed by atoms with E-state index in [2.05, 4.69) is 25.5 Å². The van der Waals surface area contributed by atoms with Gasteiger partial charge >= 0.3 is 0 Å². The number of nitrogens with one attached hydrogen (secondary N) is 1. The number of hydrogen-bond donors (Lipinski definition) is 1. The second-order valence-corrected chi connectivity index (χ2v) is 5.80. The number of azo groups is 1. The molecule has 1 aliphatic heterocycles. The van der Waals surface area contributed by atoms with Gasteiger partial charge in [-0.25, -0.2) is 9.97 Å². The van der Waals surface area contributed by atoms with Crippen molar-refractivity contribution in [2.75, 3.05) is 0 Å². The molecule has 1 fully saturated rings. The van der Waals surface area contributed by atoms with E-state index < -0.39 is 6.17 Å². The summed E-state index contributed by atoms with van der Waals surface area (Å²) in [5.74, 6) is 1.39. The second kappa shape index (κ2) is 4.45. The van der Waals surface area contributed by atoms with E-state index in [4.69, 9.17) is 0 Å². The predicted molar refractivity (Wildman–Crippen MR) is 73.5 cm³/mol. The van der Waals surface area contributed by atoms with Crippen molar-refractivity contribution in [1.82, 2.24) is 15.3 Å². The highest BCUT2D eigenvalue weighted by molar-refractivity contribution is 7.13. The molecule has 20 heavy (non-hydrogen) atoms. The first-order valence-electron chi connectivity index (χ1n) is 6.43. The molecule has 0 saturated heterocycles. The summed E-state index contributed by atoms with van der Waals surface area (Å²) in [5.41, 5.74) is 0.763. The average Bonchev–Trinajstić information content (AvgIpc) is 3.03. The van der Waals surface area contributed by atoms with E-state index >= 15 is 0 Å². The first-order chi connectivity index (χ1) is 9.81. The molecule has 0 bridgehead atoms. The third-order valence-electron chi connectivity index (χ3n) is 3.33. The van der Waals surface area contributed by atoms with E-state index in [1.807, 2.05) is 17.5 Å². The zero-order valence-corrected chi connectivity index (χ0v) is 11.3. The molecule has 0 aromatic carbocycles. The Balaban J connectivity index is 1.59. The summed E-state index contributed by atoms with van der Waals surface area (Å²) in [6, 6.07) is 3.92. The predicted octanol–water partition coefficient (Wildman–Crippen LogP) is 2.83. The Morgan fingerprint density at radius 3 is 3.05 bits per heavy atom. The molecule has 2 aromatic rings. The number of thiophene rings is 1. The van der Waals surface area contributed by atoms with Gasteiger partial charge < -0.3 is 5.32 Å². The summed E-state index contributed by atoms with van der Waals surface area (Å²) in [6.07, 6.45) is 3.21. The molecule has 3 heterocycles. The van der Waals surface area contributed by atoms with Crippen LogP contribution in [0.3, 0.4) is 0 Å². The molecule has 4 rings (SSSR count). The van der Waals surface area contributed by atoms with E-state index in [-0.39, 0.29) is 11.8 Å². The number of rotatable bonds is 3. The Hall–Kier alpha value is -2.15. The van der Waals surface area contributed by atoms with Crippen LogP contribution in [0.4, 0.5) is 5.82 Å². The summed E-state index contributed by atoms with van der Waals surface area (Å²) in [5, 5.41) is 13.0. The van der Waals surface area contributed by atoms with Crippen LogP contribution in [0.1, 0.15) is 24.6 Å². The fourth-order valence-corrected chi connectivity index (χ4v) is 2.72. The summed E-state index contributed by atoms with van der Waals surface area (Å²) in [6.45, 7) is 0. The number of carbonyl (C=O) groups excluding carboxylic acids is 1. The molecule has 0 spiro atoms. The molecule has 1 unspecified atom stereocenters. The van der Waals surface area contributed by atoms with Crippen LogP contribution >= 0.6 is 11.3 Å². The number of amides is 1. The van der Waals surface area contributed by atoms with Gasteiger partial charge in [-0.2, -0.15) is 5.11 Å². The maximum absolute atomic E-state index is 11.8. The van der Waals surface area contributed by atoms with Gasteiger partial charge in [0.25, 0.3) is 0 Å². The Kier molecular flexibility index (Phi) is 2.59. The summed E-state index contributed by atoms with van der Waals surface area (Å²) in [4.78, 5) is 21.5. The summed E-state index contributed by atoms with van der Waals surface area (Å²) in [7, 11) is 0. The number of carbonyl (C=O) groups is 1. The van der Waals surface area contributed by atoms with Gasteiger partial charge in [0, 0.05) is 12.1 Å². The monoisotopic (exact) mass is 285 g/mol. The quantitative estimate of drug-likeness (QED) is 0.941. The zero-order chi connectivity index (χ0) is 13.5. The highest BCUT2D eigenvalue weighted by Crippen LogP contribution is 2.35. The van der Waals surface area contributed by atoms with E-state index in [1.54, 1.807) is 17.5 Å². The van der Waals surface area contributed by atoms with Crippen LogP contribution in [0.5, 0.6) is 0 Å². The van der Waals surface area contributed by atoms with E-state index in [1.165, 1.54) is 0 Å². The minimum absolute atomic E-state index is 0.0455. The molecule has 7 heteroatoms. The molecule has 1 amide bonds. The highest BCUT2D eigenvalue weighted by atomic mass is 32.1. The fourth-order valence-electron chi connectivity index (χ4n) is 2.06. The third kappa shape index (κ3) is 2.00. The molecule has 1 atom stereocenters. The summed E-state index contributed by atoms with van der Waals surface area (Å²) >= 11 is 1.58. The molecule has 1 aliphatic carbocycles. The maximum atomic E-state index is 11.8. The van der Waals surface area contributed by atoms with Crippen molar-refractivity contribution in [1.29, 1.82) is 0 Å². The van der Waals surface area contributed by atoms with Crippen molar-refractivity contribution in [3.63, 3.8) is 0 Å². The minimum Gasteiger partial charge on any atom is -0.329 e. The lowest BCUT2D eigenvalue weighted by Gasteiger charge is -2.09. The molecule has 2 aliphatic rings. The molecule has 100 valence electrons. The zero-order valence-electron chi connectivity index (χ0n) is 10.5. The van der Waals surface area contributed by atoms with Crippen LogP contribution in [0, 0.1) is 5.92 Å². The van der Waals surface area contributed by atoms with Crippen LogP contribution < -0.4 is 5.32 Å². The van der Waals surface area contributed by atoms with Crippen molar-refractivity contribution < 1.29 is 4.79 Å². The van der Waals surface area contributed by atoms with E-state index in [9.17, 15) is 4.79 Å². The van der Waals surface area contributed by atoms with Crippen LogP contribution in [-0.4, -0.2) is 15.9 Å².